The summed E-state index contributed by atoms with van der Waals surface area (Å²) in [5.41, 5.74) is 5.66. The van der Waals surface area contributed by atoms with Crippen molar-refractivity contribution in [1.29, 1.82) is 0 Å². The van der Waals surface area contributed by atoms with Gasteiger partial charge in [-0.05, 0) is 46.3 Å². The Morgan fingerprint density at radius 2 is 1.38 bits per heavy atom. The SMILES string of the molecule is O=[N+]([O-])c1ccc(-c2ccccc2)cc1-c1ccc2ccc3c4ccccc4[nH]c3c2c1. The Kier molecular flexibility index (Phi) is 4.05. The molecule has 152 valence electrons. The van der Waals surface area contributed by atoms with Crippen LogP contribution in [0.15, 0.2) is 103 Å². The van der Waals surface area contributed by atoms with E-state index in [1.165, 1.54) is 5.39 Å². The number of rotatable bonds is 3. The maximum atomic E-state index is 11.8. The van der Waals surface area contributed by atoms with Crippen LogP contribution in [0.4, 0.5) is 5.69 Å². The molecule has 0 amide bonds. The van der Waals surface area contributed by atoms with E-state index in [0.717, 1.165) is 43.9 Å². The Morgan fingerprint density at radius 1 is 0.625 bits per heavy atom. The Hall–Kier alpha value is -4.44. The van der Waals surface area contributed by atoms with Crippen LogP contribution in [0.3, 0.4) is 0 Å². The normalized spacial score (nSPS) is 11.4. The lowest BCUT2D eigenvalue weighted by Gasteiger charge is -2.09. The summed E-state index contributed by atoms with van der Waals surface area (Å²) in [6, 6.07) is 33.8. The second kappa shape index (κ2) is 7.06. The number of fused-ring (bicyclic) bond motifs is 5. The van der Waals surface area contributed by atoms with Crippen LogP contribution in [0.2, 0.25) is 0 Å². The minimum absolute atomic E-state index is 0.104. The van der Waals surface area contributed by atoms with E-state index in [2.05, 4.69) is 35.3 Å². The van der Waals surface area contributed by atoms with Crippen LogP contribution in [0.1, 0.15) is 0 Å². The molecule has 1 heterocycles. The number of H-pyrrole nitrogens is 1. The average Bonchev–Trinajstić information content (AvgIpc) is 3.23. The number of aromatic amines is 1. The Bertz CT molecular complexity index is 1650. The maximum Gasteiger partial charge on any atom is 0.277 e. The lowest BCUT2D eigenvalue weighted by atomic mass is 9.95. The summed E-state index contributed by atoms with van der Waals surface area (Å²) in [5.74, 6) is 0. The van der Waals surface area contributed by atoms with Crippen LogP contribution in [-0.2, 0) is 0 Å². The lowest BCUT2D eigenvalue weighted by molar-refractivity contribution is -0.384. The van der Waals surface area contributed by atoms with Crippen LogP contribution in [0.5, 0.6) is 0 Å². The van der Waals surface area contributed by atoms with E-state index in [-0.39, 0.29) is 10.6 Å². The number of para-hydroxylation sites is 1. The van der Waals surface area contributed by atoms with E-state index in [0.29, 0.717) is 5.56 Å². The second-order valence-corrected chi connectivity index (χ2v) is 7.95. The monoisotopic (exact) mass is 414 g/mol. The highest BCUT2D eigenvalue weighted by molar-refractivity contribution is 6.17. The van der Waals surface area contributed by atoms with E-state index >= 15 is 0 Å². The Balaban J connectivity index is 1.62. The molecule has 0 fully saturated rings. The summed E-state index contributed by atoms with van der Waals surface area (Å²) in [6.07, 6.45) is 0. The molecule has 1 N–H and O–H groups in total. The molecule has 5 aromatic carbocycles. The van der Waals surface area contributed by atoms with Crippen molar-refractivity contribution < 1.29 is 4.92 Å². The van der Waals surface area contributed by atoms with Gasteiger partial charge >= 0.3 is 0 Å². The van der Waals surface area contributed by atoms with Gasteiger partial charge in [0.2, 0.25) is 0 Å². The predicted octanol–water partition coefficient (Wildman–Crippen LogP) is 7.72. The molecule has 0 aliphatic rings. The largest absolute Gasteiger partial charge is 0.354 e. The van der Waals surface area contributed by atoms with Gasteiger partial charge in [-0.3, -0.25) is 10.1 Å². The van der Waals surface area contributed by atoms with Crippen LogP contribution < -0.4 is 0 Å². The molecule has 0 atom stereocenters. The predicted molar refractivity (Wildman–Crippen MR) is 131 cm³/mol. The average molecular weight is 414 g/mol. The molecule has 4 heteroatoms. The highest BCUT2D eigenvalue weighted by atomic mass is 16.6. The number of benzene rings is 5. The van der Waals surface area contributed by atoms with Crippen LogP contribution in [0, 0.1) is 10.1 Å². The van der Waals surface area contributed by atoms with Crippen molar-refractivity contribution in [3.8, 4) is 22.3 Å². The van der Waals surface area contributed by atoms with Crippen molar-refractivity contribution >= 4 is 38.3 Å². The number of hydrogen-bond acceptors (Lipinski definition) is 2. The van der Waals surface area contributed by atoms with Gasteiger partial charge < -0.3 is 4.98 Å². The first-order valence-electron chi connectivity index (χ1n) is 10.5. The number of nitrogens with one attached hydrogen (secondary N) is 1. The third-order valence-electron chi connectivity index (χ3n) is 6.11. The molecular formula is C28H18N2O2. The van der Waals surface area contributed by atoms with Crippen LogP contribution in [0.25, 0.3) is 54.8 Å². The van der Waals surface area contributed by atoms with E-state index in [1.807, 2.05) is 66.7 Å². The van der Waals surface area contributed by atoms with Gasteiger partial charge in [-0.1, -0.05) is 72.8 Å². The standard InChI is InChI=1S/C28H18N2O2/c31-30(32)27-15-13-20(18-6-2-1-3-7-18)16-24(27)21-11-10-19-12-14-23-22-8-4-5-9-26(22)29-28(23)25(19)17-21/h1-17,29H. The second-order valence-electron chi connectivity index (χ2n) is 7.95. The van der Waals surface area contributed by atoms with Gasteiger partial charge in [0.05, 0.1) is 16.0 Å². The van der Waals surface area contributed by atoms with Crippen LogP contribution >= 0.6 is 0 Å². The Labute approximate surface area is 183 Å². The molecule has 0 bridgehead atoms. The van der Waals surface area contributed by atoms with E-state index in [1.54, 1.807) is 6.07 Å². The summed E-state index contributed by atoms with van der Waals surface area (Å²) in [5, 5.41) is 16.3. The van der Waals surface area contributed by atoms with Gasteiger partial charge in [-0.15, -0.1) is 0 Å². The van der Waals surface area contributed by atoms with Crippen molar-refractivity contribution in [2.24, 2.45) is 0 Å². The molecule has 0 saturated heterocycles. The van der Waals surface area contributed by atoms with Gasteiger partial charge in [-0.25, -0.2) is 0 Å². The van der Waals surface area contributed by atoms with Crippen molar-refractivity contribution in [2.75, 3.05) is 0 Å². The molecular weight excluding hydrogens is 396 g/mol. The summed E-state index contributed by atoms with van der Waals surface area (Å²) in [4.78, 5) is 15.1. The molecule has 0 spiro atoms. The van der Waals surface area contributed by atoms with Gasteiger partial charge in [0.1, 0.15) is 0 Å². The first-order chi connectivity index (χ1) is 15.7. The summed E-state index contributed by atoms with van der Waals surface area (Å²) < 4.78 is 0. The molecule has 4 nitrogen and oxygen atoms in total. The fraction of sp³-hybridized carbons (Fsp3) is 0. The fourth-order valence-electron chi connectivity index (χ4n) is 4.54. The van der Waals surface area contributed by atoms with Gasteiger partial charge in [0, 0.05) is 27.7 Å². The van der Waals surface area contributed by atoms with Gasteiger partial charge in [0.15, 0.2) is 0 Å². The third-order valence-corrected chi connectivity index (χ3v) is 6.11. The van der Waals surface area contributed by atoms with E-state index < -0.39 is 0 Å². The third kappa shape index (κ3) is 2.85. The first kappa shape index (κ1) is 18.3. The van der Waals surface area contributed by atoms with Crippen molar-refractivity contribution in [2.45, 2.75) is 0 Å². The molecule has 1 aromatic heterocycles. The van der Waals surface area contributed by atoms with Crippen molar-refractivity contribution in [3.05, 3.63) is 113 Å². The maximum absolute atomic E-state index is 11.8. The zero-order valence-corrected chi connectivity index (χ0v) is 17.1. The van der Waals surface area contributed by atoms with E-state index in [4.69, 9.17) is 0 Å². The summed E-state index contributed by atoms with van der Waals surface area (Å²) in [7, 11) is 0. The minimum Gasteiger partial charge on any atom is -0.354 e. The lowest BCUT2D eigenvalue weighted by Crippen LogP contribution is -1.93. The molecule has 6 rings (SSSR count). The first-order valence-corrected chi connectivity index (χ1v) is 10.5. The van der Waals surface area contributed by atoms with Gasteiger partial charge in [-0.2, -0.15) is 0 Å². The molecule has 32 heavy (non-hydrogen) atoms. The molecule has 0 radical (unpaired) electrons. The fourth-order valence-corrected chi connectivity index (χ4v) is 4.54. The molecule has 0 aliphatic carbocycles. The summed E-state index contributed by atoms with van der Waals surface area (Å²) >= 11 is 0. The topological polar surface area (TPSA) is 58.9 Å². The zero-order valence-electron chi connectivity index (χ0n) is 17.1. The molecule has 6 aromatic rings. The number of aromatic nitrogens is 1. The summed E-state index contributed by atoms with van der Waals surface area (Å²) in [6.45, 7) is 0. The minimum atomic E-state index is -0.308. The molecule has 0 saturated carbocycles. The van der Waals surface area contributed by atoms with Crippen molar-refractivity contribution in [3.63, 3.8) is 0 Å². The van der Waals surface area contributed by atoms with Gasteiger partial charge in [0.25, 0.3) is 5.69 Å². The zero-order chi connectivity index (χ0) is 21.7. The highest BCUT2D eigenvalue weighted by Gasteiger charge is 2.17. The highest BCUT2D eigenvalue weighted by Crippen LogP contribution is 2.38. The van der Waals surface area contributed by atoms with Crippen molar-refractivity contribution in [1.82, 2.24) is 4.98 Å². The molecule has 0 unspecified atom stereocenters. The molecule has 0 aliphatic heterocycles. The number of hydrogen-bond donors (Lipinski definition) is 1. The Morgan fingerprint density at radius 3 is 2.22 bits per heavy atom. The smallest absolute Gasteiger partial charge is 0.277 e. The number of nitrogens with zero attached hydrogens (tertiary/aromatic N) is 1. The van der Waals surface area contributed by atoms with Crippen LogP contribution in [-0.4, -0.2) is 9.91 Å². The quantitative estimate of drug-likeness (QED) is 0.238. The number of nitro groups is 1. The number of nitro benzene ring substituents is 1. The van der Waals surface area contributed by atoms with E-state index in [9.17, 15) is 10.1 Å².